The minimum Gasteiger partial charge on any atom is -0.373 e. The van der Waals surface area contributed by atoms with E-state index in [0.717, 1.165) is 26.2 Å². The summed E-state index contributed by atoms with van der Waals surface area (Å²) in [7, 11) is 0. The summed E-state index contributed by atoms with van der Waals surface area (Å²) in [6.07, 6.45) is 1.68. The largest absolute Gasteiger partial charge is 0.373 e. The van der Waals surface area contributed by atoms with Gasteiger partial charge in [-0.2, -0.15) is 5.26 Å². The van der Waals surface area contributed by atoms with E-state index in [-0.39, 0.29) is 17.0 Å². The van der Waals surface area contributed by atoms with E-state index < -0.39 is 0 Å². The molecule has 0 aromatic heterocycles. The molecule has 1 aromatic rings. The lowest BCUT2D eigenvalue weighted by Gasteiger charge is -2.35. The number of hydrogen-bond donors (Lipinski definition) is 1. The number of carbonyl (C=O) groups is 1. The first-order chi connectivity index (χ1) is 10.9. The van der Waals surface area contributed by atoms with Gasteiger partial charge in [-0.15, -0.1) is 0 Å². The summed E-state index contributed by atoms with van der Waals surface area (Å²) in [4.78, 5) is 16.5. The summed E-state index contributed by atoms with van der Waals surface area (Å²) in [5, 5.41) is 12.1. The second-order valence-corrected chi connectivity index (χ2v) is 6.72. The van der Waals surface area contributed by atoms with Crippen LogP contribution >= 0.6 is 0 Å². The zero-order valence-corrected chi connectivity index (χ0v) is 14.0. The van der Waals surface area contributed by atoms with Crippen LogP contribution in [0.15, 0.2) is 42.1 Å². The summed E-state index contributed by atoms with van der Waals surface area (Å²) < 4.78 is 0. The lowest BCUT2D eigenvalue weighted by molar-refractivity contribution is -0.118. The molecule has 1 N–H and O–H groups in total. The number of rotatable bonds is 3. The van der Waals surface area contributed by atoms with Crippen LogP contribution in [-0.2, 0) is 4.79 Å². The zero-order chi connectivity index (χ0) is 16.9. The first kappa shape index (κ1) is 16.9. The number of anilines is 1. The summed E-state index contributed by atoms with van der Waals surface area (Å²) in [5.41, 5.74) is 1.02. The highest BCUT2D eigenvalue weighted by atomic mass is 16.1. The summed E-state index contributed by atoms with van der Waals surface area (Å²) in [5.74, 6) is -0.314. The lowest BCUT2D eigenvalue weighted by atomic mass is 10.1. The molecule has 1 aliphatic rings. The molecule has 2 rings (SSSR count). The molecule has 0 aliphatic carbocycles. The Labute approximate surface area is 138 Å². The molecule has 23 heavy (non-hydrogen) atoms. The third-order valence-corrected chi connectivity index (χ3v) is 3.60. The van der Waals surface area contributed by atoms with Gasteiger partial charge in [0.15, 0.2) is 0 Å². The normalized spacial score (nSPS) is 16.0. The van der Waals surface area contributed by atoms with Gasteiger partial charge in [0.25, 0.3) is 5.91 Å². The van der Waals surface area contributed by atoms with Crippen molar-refractivity contribution in [1.82, 2.24) is 10.2 Å². The van der Waals surface area contributed by atoms with Crippen molar-refractivity contribution >= 4 is 11.6 Å². The Morgan fingerprint density at radius 1 is 1.17 bits per heavy atom. The molecule has 0 radical (unpaired) electrons. The van der Waals surface area contributed by atoms with E-state index in [1.807, 2.05) is 49.9 Å². The van der Waals surface area contributed by atoms with E-state index in [1.54, 1.807) is 6.20 Å². The van der Waals surface area contributed by atoms with Gasteiger partial charge in [-0.05, 0) is 32.9 Å². The molecule has 1 saturated heterocycles. The molecule has 5 nitrogen and oxygen atoms in total. The minimum atomic E-state index is -0.348. The van der Waals surface area contributed by atoms with E-state index in [4.69, 9.17) is 0 Å². The van der Waals surface area contributed by atoms with Gasteiger partial charge in [-0.3, -0.25) is 4.79 Å². The number of para-hydroxylation sites is 1. The van der Waals surface area contributed by atoms with E-state index in [2.05, 4.69) is 22.3 Å². The average molecular weight is 312 g/mol. The predicted molar refractivity (Wildman–Crippen MR) is 91.8 cm³/mol. The van der Waals surface area contributed by atoms with Crippen molar-refractivity contribution in [3.8, 4) is 6.07 Å². The van der Waals surface area contributed by atoms with Crippen molar-refractivity contribution in [3.05, 3.63) is 42.1 Å². The second kappa shape index (κ2) is 7.19. The first-order valence-corrected chi connectivity index (χ1v) is 7.87. The quantitative estimate of drug-likeness (QED) is 0.686. The van der Waals surface area contributed by atoms with Crippen LogP contribution in [0.25, 0.3) is 0 Å². The van der Waals surface area contributed by atoms with Crippen LogP contribution in [-0.4, -0.2) is 42.5 Å². The molecule has 5 heteroatoms. The molecule has 0 unspecified atom stereocenters. The Morgan fingerprint density at radius 2 is 1.78 bits per heavy atom. The van der Waals surface area contributed by atoms with E-state index in [0.29, 0.717) is 0 Å². The average Bonchev–Trinajstić information content (AvgIpc) is 2.52. The fourth-order valence-electron chi connectivity index (χ4n) is 2.48. The van der Waals surface area contributed by atoms with Crippen molar-refractivity contribution in [2.75, 3.05) is 31.1 Å². The van der Waals surface area contributed by atoms with Crippen LogP contribution in [0.1, 0.15) is 20.8 Å². The van der Waals surface area contributed by atoms with E-state index in [1.165, 1.54) is 5.69 Å². The van der Waals surface area contributed by atoms with Gasteiger partial charge in [0.2, 0.25) is 0 Å². The Balaban J connectivity index is 1.96. The van der Waals surface area contributed by atoms with Crippen LogP contribution in [0.5, 0.6) is 0 Å². The SMILES string of the molecule is CC(C)(C)NC(=O)/C(C#N)=C\N1CCN(c2ccccc2)CC1. The molecule has 1 fully saturated rings. The highest BCUT2D eigenvalue weighted by Crippen LogP contribution is 2.16. The lowest BCUT2D eigenvalue weighted by Crippen LogP contribution is -2.45. The number of hydrogen-bond acceptors (Lipinski definition) is 4. The summed E-state index contributed by atoms with van der Waals surface area (Å²) >= 11 is 0. The molecule has 0 saturated carbocycles. The van der Waals surface area contributed by atoms with Gasteiger partial charge in [0.05, 0.1) is 0 Å². The molecule has 1 heterocycles. The predicted octanol–water partition coefficient (Wildman–Crippen LogP) is 2.13. The van der Waals surface area contributed by atoms with Gasteiger partial charge in [0.1, 0.15) is 11.6 Å². The number of nitrogens with zero attached hydrogens (tertiary/aromatic N) is 3. The maximum atomic E-state index is 12.1. The van der Waals surface area contributed by atoms with Crippen LogP contribution in [0, 0.1) is 11.3 Å². The topological polar surface area (TPSA) is 59.4 Å². The van der Waals surface area contributed by atoms with Crippen LogP contribution in [0.2, 0.25) is 0 Å². The number of carbonyl (C=O) groups excluding carboxylic acids is 1. The number of nitriles is 1. The standard InChI is InChI=1S/C18H24N4O/c1-18(2,3)20-17(23)15(13-19)14-21-9-11-22(12-10-21)16-7-5-4-6-8-16/h4-8,14H,9-12H2,1-3H3,(H,20,23)/b15-14-. The Kier molecular flexibility index (Phi) is 5.28. The van der Waals surface area contributed by atoms with Crippen LogP contribution in [0.4, 0.5) is 5.69 Å². The molecule has 0 atom stereocenters. The van der Waals surface area contributed by atoms with Gasteiger partial charge < -0.3 is 15.1 Å². The number of amides is 1. The maximum absolute atomic E-state index is 12.1. The molecule has 122 valence electrons. The number of nitrogens with one attached hydrogen (secondary N) is 1. The summed E-state index contributed by atoms with van der Waals surface area (Å²) in [6, 6.07) is 12.3. The van der Waals surface area contributed by atoms with Crippen LogP contribution in [0.3, 0.4) is 0 Å². The van der Waals surface area contributed by atoms with Crippen LogP contribution < -0.4 is 10.2 Å². The third kappa shape index (κ3) is 5.03. The fraction of sp³-hybridized carbons (Fsp3) is 0.444. The fourth-order valence-corrected chi connectivity index (χ4v) is 2.48. The molecule has 0 bridgehead atoms. The minimum absolute atomic E-state index is 0.160. The number of piperazine rings is 1. The van der Waals surface area contributed by atoms with Gasteiger partial charge in [-0.25, -0.2) is 0 Å². The maximum Gasteiger partial charge on any atom is 0.263 e. The molecule has 0 spiro atoms. The molecular weight excluding hydrogens is 288 g/mol. The van der Waals surface area contributed by atoms with E-state index >= 15 is 0 Å². The second-order valence-electron chi connectivity index (χ2n) is 6.72. The van der Waals surface area contributed by atoms with Crippen molar-refractivity contribution in [1.29, 1.82) is 5.26 Å². The molecular formula is C18H24N4O. The molecule has 1 amide bonds. The van der Waals surface area contributed by atoms with Crippen molar-refractivity contribution < 1.29 is 4.79 Å². The van der Waals surface area contributed by atoms with E-state index in [9.17, 15) is 10.1 Å². The Morgan fingerprint density at radius 3 is 2.30 bits per heavy atom. The van der Waals surface area contributed by atoms with Gasteiger partial charge in [0, 0.05) is 43.6 Å². The first-order valence-electron chi connectivity index (χ1n) is 7.87. The smallest absolute Gasteiger partial charge is 0.263 e. The molecule has 1 aromatic carbocycles. The third-order valence-electron chi connectivity index (χ3n) is 3.60. The van der Waals surface area contributed by atoms with Crippen molar-refractivity contribution in [2.24, 2.45) is 0 Å². The highest BCUT2D eigenvalue weighted by molar-refractivity contribution is 5.97. The summed E-state index contributed by atoms with van der Waals surface area (Å²) in [6.45, 7) is 9.04. The van der Waals surface area contributed by atoms with Crippen molar-refractivity contribution in [3.63, 3.8) is 0 Å². The number of benzene rings is 1. The van der Waals surface area contributed by atoms with Crippen molar-refractivity contribution in [2.45, 2.75) is 26.3 Å². The molecule has 1 aliphatic heterocycles. The Hall–Kier alpha value is -2.48. The highest BCUT2D eigenvalue weighted by Gasteiger charge is 2.20. The monoisotopic (exact) mass is 312 g/mol. The van der Waals surface area contributed by atoms with Gasteiger partial charge in [-0.1, -0.05) is 18.2 Å². The Bertz CT molecular complexity index is 602. The zero-order valence-electron chi connectivity index (χ0n) is 14.0. The van der Waals surface area contributed by atoms with Gasteiger partial charge >= 0.3 is 0 Å².